The Morgan fingerprint density at radius 3 is 2.54 bits per heavy atom. The van der Waals surface area contributed by atoms with Gasteiger partial charge in [0, 0.05) is 11.4 Å². The van der Waals surface area contributed by atoms with Gasteiger partial charge >= 0.3 is 0 Å². The molecule has 2 heterocycles. The molecule has 3 aromatic rings. The summed E-state index contributed by atoms with van der Waals surface area (Å²) in [5.74, 6) is 0.641. The molecule has 24 heavy (non-hydrogen) atoms. The summed E-state index contributed by atoms with van der Waals surface area (Å²) in [5.41, 5.74) is 2.29. The Labute approximate surface area is 145 Å². The van der Waals surface area contributed by atoms with Gasteiger partial charge in [-0.15, -0.1) is 11.3 Å². The molecule has 4 nitrogen and oxygen atoms in total. The zero-order valence-corrected chi connectivity index (χ0v) is 15.1. The third-order valence-electron chi connectivity index (χ3n) is 4.31. The standard InChI is InChI=1S/C18H21FN4S/c1-11-12(2)24-18-16(11)17(21-10-22-18)20-9-15(23(3)4)13-5-7-14(19)8-6-13/h5-8,10,15H,9H2,1-4H3,(H,20,21,22)/t15-/m1/s1. The molecule has 6 heteroatoms. The van der Waals surface area contributed by atoms with E-state index in [9.17, 15) is 4.39 Å². The van der Waals surface area contributed by atoms with E-state index in [4.69, 9.17) is 0 Å². The molecule has 0 saturated carbocycles. The van der Waals surface area contributed by atoms with Crippen molar-refractivity contribution in [1.82, 2.24) is 14.9 Å². The lowest BCUT2D eigenvalue weighted by molar-refractivity contribution is 0.311. The molecule has 1 N–H and O–H groups in total. The van der Waals surface area contributed by atoms with Crippen molar-refractivity contribution in [3.05, 3.63) is 52.4 Å². The highest BCUT2D eigenvalue weighted by molar-refractivity contribution is 7.18. The zero-order valence-electron chi connectivity index (χ0n) is 14.3. The number of rotatable bonds is 5. The Bertz CT molecular complexity index is 842. The van der Waals surface area contributed by atoms with Crippen LogP contribution in [0.25, 0.3) is 10.2 Å². The lowest BCUT2D eigenvalue weighted by atomic mass is 10.1. The van der Waals surface area contributed by atoms with E-state index in [0.29, 0.717) is 6.54 Å². The van der Waals surface area contributed by atoms with E-state index in [1.54, 1.807) is 17.7 Å². The number of likely N-dealkylation sites (N-methyl/N-ethyl adjacent to an activating group) is 1. The highest BCUT2D eigenvalue weighted by Crippen LogP contribution is 2.32. The van der Waals surface area contributed by atoms with Gasteiger partial charge in [-0.25, -0.2) is 14.4 Å². The number of hydrogen-bond acceptors (Lipinski definition) is 5. The second-order valence-electron chi connectivity index (χ2n) is 6.10. The lowest BCUT2D eigenvalue weighted by Gasteiger charge is -2.25. The molecule has 0 radical (unpaired) electrons. The third kappa shape index (κ3) is 3.25. The van der Waals surface area contributed by atoms with Gasteiger partial charge in [0.1, 0.15) is 22.8 Å². The fourth-order valence-electron chi connectivity index (χ4n) is 2.79. The van der Waals surface area contributed by atoms with E-state index in [0.717, 1.165) is 21.6 Å². The van der Waals surface area contributed by atoms with Gasteiger partial charge in [0.25, 0.3) is 0 Å². The summed E-state index contributed by atoms with van der Waals surface area (Å²) < 4.78 is 13.2. The number of nitrogens with zero attached hydrogens (tertiary/aromatic N) is 3. The molecule has 1 atom stereocenters. The Morgan fingerprint density at radius 1 is 1.17 bits per heavy atom. The Hall–Kier alpha value is -2.05. The molecule has 0 aliphatic rings. The highest BCUT2D eigenvalue weighted by Gasteiger charge is 2.17. The topological polar surface area (TPSA) is 41.1 Å². The van der Waals surface area contributed by atoms with Crippen LogP contribution < -0.4 is 5.32 Å². The van der Waals surface area contributed by atoms with Gasteiger partial charge in [0.05, 0.1) is 11.4 Å². The molecule has 0 unspecified atom stereocenters. The summed E-state index contributed by atoms with van der Waals surface area (Å²) in [6.45, 7) is 4.89. The van der Waals surface area contributed by atoms with Gasteiger partial charge in [-0.05, 0) is 51.2 Å². The van der Waals surface area contributed by atoms with Crippen LogP contribution in [0.15, 0.2) is 30.6 Å². The molecule has 0 amide bonds. The van der Waals surface area contributed by atoms with Crippen LogP contribution in [0.3, 0.4) is 0 Å². The number of anilines is 1. The summed E-state index contributed by atoms with van der Waals surface area (Å²) in [5, 5.41) is 4.55. The van der Waals surface area contributed by atoms with Crippen LogP contribution in [0.5, 0.6) is 0 Å². The molecule has 0 saturated heterocycles. The summed E-state index contributed by atoms with van der Waals surface area (Å²) in [6.07, 6.45) is 1.60. The van der Waals surface area contributed by atoms with E-state index in [1.165, 1.54) is 22.6 Å². The van der Waals surface area contributed by atoms with Crippen molar-refractivity contribution in [3.8, 4) is 0 Å². The van der Waals surface area contributed by atoms with Crippen molar-refractivity contribution in [1.29, 1.82) is 0 Å². The molecule has 0 bridgehead atoms. The smallest absolute Gasteiger partial charge is 0.138 e. The first kappa shape index (κ1) is 16.8. The van der Waals surface area contributed by atoms with Crippen LogP contribution in [0.1, 0.15) is 22.0 Å². The number of nitrogens with one attached hydrogen (secondary N) is 1. The van der Waals surface area contributed by atoms with Gasteiger partial charge in [-0.3, -0.25) is 0 Å². The van der Waals surface area contributed by atoms with Crippen LogP contribution >= 0.6 is 11.3 Å². The van der Waals surface area contributed by atoms with E-state index in [2.05, 4.69) is 34.0 Å². The fraction of sp³-hybridized carbons (Fsp3) is 0.333. The minimum atomic E-state index is -0.217. The third-order valence-corrected chi connectivity index (χ3v) is 5.42. The number of aromatic nitrogens is 2. The minimum absolute atomic E-state index is 0.121. The highest BCUT2D eigenvalue weighted by atomic mass is 32.1. The molecule has 0 aliphatic heterocycles. The molecular formula is C18H21FN4S. The molecular weight excluding hydrogens is 323 g/mol. The lowest BCUT2D eigenvalue weighted by Crippen LogP contribution is -2.27. The second-order valence-corrected chi connectivity index (χ2v) is 7.30. The van der Waals surface area contributed by atoms with Crippen molar-refractivity contribution in [2.45, 2.75) is 19.9 Å². The first-order valence-electron chi connectivity index (χ1n) is 7.84. The normalized spacial score (nSPS) is 12.8. The number of benzene rings is 1. The fourth-order valence-corrected chi connectivity index (χ4v) is 3.79. The van der Waals surface area contributed by atoms with Crippen molar-refractivity contribution in [2.75, 3.05) is 26.0 Å². The van der Waals surface area contributed by atoms with E-state index >= 15 is 0 Å². The van der Waals surface area contributed by atoms with Gasteiger partial charge in [-0.1, -0.05) is 12.1 Å². The first-order chi connectivity index (χ1) is 11.5. The average Bonchev–Trinajstić information content (AvgIpc) is 2.84. The monoisotopic (exact) mass is 344 g/mol. The van der Waals surface area contributed by atoms with Crippen LogP contribution in [0, 0.1) is 19.7 Å². The molecule has 0 fully saturated rings. The number of fused-ring (bicyclic) bond motifs is 1. The molecule has 2 aromatic heterocycles. The molecule has 0 aliphatic carbocycles. The van der Waals surface area contributed by atoms with E-state index < -0.39 is 0 Å². The summed E-state index contributed by atoms with van der Waals surface area (Å²) in [6, 6.07) is 6.78. The quantitative estimate of drug-likeness (QED) is 0.754. The number of aryl methyl sites for hydroxylation is 2. The van der Waals surface area contributed by atoms with Gasteiger partial charge < -0.3 is 10.2 Å². The predicted molar refractivity (Wildman–Crippen MR) is 98.2 cm³/mol. The van der Waals surface area contributed by atoms with E-state index in [-0.39, 0.29) is 11.9 Å². The summed E-state index contributed by atoms with van der Waals surface area (Å²) in [4.78, 5) is 13.2. The minimum Gasteiger partial charge on any atom is -0.368 e. The maximum Gasteiger partial charge on any atom is 0.138 e. The van der Waals surface area contributed by atoms with Crippen LogP contribution in [-0.2, 0) is 0 Å². The SMILES string of the molecule is Cc1sc2ncnc(NC[C@H](c3ccc(F)cc3)N(C)C)c2c1C. The zero-order chi connectivity index (χ0) is 17.3. The summed E-state index contributed by atoms with van der Waals surface area (Å²) >= 11 is 1.69. The number of hydrogen-bond donors (Lipinski definition) is 1. The van der Waals surface area contributed by atoms with Crippen molar-refractivity contribution in [2.24, 2.45) is 0 Å². The van der Waals surface area contributed by atoms with Crippen molar-refractivity contribution >= 4 is 27.4 Å². The second kappa shape index (κ2) is 6.83. The van der Waals surface area contributed by atoms with E-state index in [1.807, 2.05) is 26.2 Å². The first-order valence-corrected chi connectivity index (χ1v) is 8.65. The van der Waals surface area contributed by atoms with Gasteiger partial charge in [0.2, 0.25) is 0 Å². The maximum absolute atomic E-state index is 13.2. The Kier molecular flexibility index (Phi) is 4.78. The summed E-state index contributed by atoms with van der Waals surface area (Å²) in [7, 11) is 4.04. The predicted octanol–water partition coefficient (Wildman–Crippen LogP) is 4.16. The van der Waals surface area contributed by atoms with Crippen molar-refractivity contribution < 1.29 is 4.39 Å². The largest absolute Gasteiger partial charge is 0.368 e. The van der Waals surface area contributed by atoms with Crippen LogP contribution in [0.4, 0.5) is 10.2 Å². The Morgan fingerprint density at radius 2 is 1.88 bits per heavy atom. The molecule has 1 aromatic carbocycles. The van der Waals surface area contributed by atoms with Gasteiger partial charge in [-0.2, -0.15) is 0 Å². The van der Waals surface area contributed by atoms with Crippen molar-refractivity contribution in [3.63, 3.8) is 0 Å². The molecule has 0 spiro atoms. The van der Waals surface area contributed by atoms with Gasteiger partial charge in [0.15, 0.2) is 0 Å². The average molecular weight is 344 g/mol. The maximum atomic E-state index is 13.2. The van der Waals surface area contributed by atoms with Crippen LogP contribution in [0.2, 0.25) is 0 Å². The van der Waals surface area contributed by atoms with Crippen LogP contribution in [-0.4, -0.2) is 35.5 Å². The number of thiophene rings is 1. The number of halogens is 1. The Balaban J connectivity index is 1.86. The molecule has 3 rings (SSSR count). The molecule has 126 valence electrons.